The lowest BCUT2D eigenvalue weighted by Crippen LogP contribution is -2.62. The number of aromatic nitrogens is 2. The van der Waals surface area contributed by atoms with E-state index in [4.69, 9.17) is 0 Å². The number of ketones is 1. The maximum atomic E-state index is 14.9. The van der Waals surface area contributed by atoms with E-state index in [1.807, 2.05) is 27.7 Å². The molecule has 8 rings (SSSR count). The van der Waals surface area contributed by atoms with Gasteiger partial charge in [0.05, 0.1) is 29.6 Å². The highest BCUT2D eigenvalue weighted by Crippen LogP contribution is 2.43. The molecule has 22 heteroatoms. The van der Waals surface area contributed by atoms with E-state index >= 15 is 0 Å². The second-order valence-electron chi connectivity index (χ2n) is 25.1. The minimum atomic E-state index is -1.08. The van der Waals surface area contributed by atoms with Crippen LogP contribution in [0.1, 0.15) is 223 Å². The summed E-state index contributed by atoms with van der Waals surface area (Å²) in [7, 11) is 0. The first-order chi connectivity index (χ1) is 40.4. The average Bonchev–Trinajstić information content (AvgIpc) is 1.82. The van der Waals surface area contributed by atoms with Gasteiger partial charge in [-0.2, -0.15) is 0 Å². The minimum absolute atomic E-state index is 0.0221. The number of anilines is 1. The van der Waals surface area contributed by atoms with Crippen molar-refractivity contribution >= 4 is 70.5 Å². The van der Waals surface area contributed by atoms with Crippen LogP contribution < -0.4 is 37.2 Å². The van der Waals surface area contributed by atoms with Gasteiger partial charge < -0.3 is 36.8 Å². The van der Waals surface area contributed by atoms with Gasteiger partial charge in [0.1, 0.15) is 35.6 Å². The molecule has 10 amide bonds. The van der Waals surface area contributed by atoms with Gasteiger partial charge in [0.2, 0.25) is 35.3 Å². The molecule has 84 heavy (non-hydrogen) atoms. The maximum Gasteiger partial charge on any atom is 0.289 e. The van der Waals surface area contributed by atoms with Crippen LogP contribution in [0.25, 0.3) is 0 Å². The Bertz CT molecular complexity index is 2770. The van der Waals surface area contributed by atoms with E-state index in [2.05, 4.69) is 47.2 Å². The van der Waals surface area contributed by atoms with E-state index in [1.54, 1.807) is 23.1 Å². The zero-order valence-electron chi connectivity index (χ0n) is 49.5. The van der Waals surface area contributed by atoms with Gasteiger partial charge in [0.25, 0.3) is 29.5 Å². The molecule has 4 heterocycles. The number of unbranched alkanes of at least 4 members (excludes halogenated alkanes) is 9. The van der Waals surface area contributed by atoms with Gasteiger partial charge in [-0.05, 0) is 99.5 Å². The largest absolute Gasteiger partial charge is 0.384 e. The van der Waals surface area contributed by atoms with Gasteiger partial charge in [-0.25, -0.2) is 9.97 Å². The van der Waals surface area contributed by atoms with Gasteiger partial charge in [-0.15, -0.1) is 0 Å². The van der Waals surface area contributed by atoms with Crippen molar-refractivity contribution in [1.29, 1.82) is 0 Å². The number of carbonyl (C=O) groups excluding carboxylic acids is 11. The number of imide groups is 2. The third-order valence-electron chi connectivity index (χ3n) is 17.7. The standard InChI is InChI=1S/C62H87N11O11/c1-5-21-43(51(75)58(81)67-39-28-29-39)68-57(80)50-40-25-19-24-38(40)36-72(50)61(84)52(62(2,3)4)71-56(79)49(37-22-15-14-16-23-37)70-54(77)45-35-65-44(34-66-45)53(76)64-33-18-13-11-9-7-6-8-10-12-17-32-63-42-27-20-26-41-48(42)60(83)73(59(41)82)46-30-31-47(74)69-55(46)78/h20,26-27,34-35,37-40,43,46,49-50,52,63H,5-19,21-25,28-33,36H2,1-4H3,(H,64,76)(H,67,81)(H,68,80)(H,70,77)(H,71,79)(H,69,74,78)/t38-,40-,43-,46?,49?,50-,52+/m0/s1. The number of Topliss-reactive ketones (excluding diaryl/α,β-unsaturated/α-hetero) is 1. The first kappa shape index (κ1) is 62.9. The topological polar surface area (TPSA) is 304 Å². The molecule has 2 unspecified atom stereocenters. The second kappa shape index (κ2) is 29.1. The van der Waals surface area contributed by atoms with Crippen LogP contribution in [0, 0.1) is 23.2 Å². The number of fused-ring (bicyclic) bond motifs is 2. The Hall–Kier alpha value is -7.13. The first-order valence-electron chi connectivity index (χ1n) is 31.1. The lowest BCUT2D eigenvalue weighted by atomic mass is 9.82. The molecule has 0 bridgehead atoms. The zero-order chi connectivity index (χ0) is 60.1. The van der Waals surface area contributed by atoms with Crippen molar-refractivity contribution < 1.29 is 52.7 Å². The molecule has 5 fully saturated rings. The van der Waals surface area contributed by atoms with E-state index in [-0.39, 0.29) is 65.6 Å². The quantitative estimate of drug-likeness (QED) is 0.0297. The molecule has 7 N–H and O–H groups in total. The van der Waals surface area contributed by atoms with Crippen LogP contribution in [0.2, 0.25) is 0 Å². The molecule has 7 atom stereocenters. The average molecular weight is 1160 g/mol. The highest BCUT2D eigenvalue weighted by Gasteiger charge is 2.53. The summed E-state index contributed by atoms with van der Waals surface area (Å²) in [6.45, 7) is 8.79. The summed E-state index contributed by atoms with van der Waals surface area (Å²) in [6, 6.07) is 0.0128. The highest BCUT2D eigenvalue weighted by atomic mass is 16.2. The SMILES string of the molecule is CCC[C@H](NC(=O)[C@@H]1[C@H]2CCC[C@H]2CN1C(=O)[C@@H](NC(=O)C(NC(=O)c1cnc(C(=O)NCCCCCCCCCCCCNc2cccc3c2C(=O)N(C2CCC(=O)NC2=O)C3=O)cn1)C1CCCCC1)C(C)(C)C)C(=O)C(=O)NC1CC1. The fraction of sp³-hybridized carbons (Fsp3) is 0.661. The van der Waals surface area contributed by atoms with Crippen LogP contribution >= 0.6 is 0 Å². The number of piperidine rings is 1. The van der Waals surface area contributed by atoms with Crippen LogP contribution in [0.5, 0.6) is 0 Å². The van der Waals surface area contributed by atoms with Crippen molar-refractivity contribution in [3.63, 3.8) is 0 Å². The van der Waals surface area contributed by atoms with Crippen molar-refractivity contribution in [2.75, 3.05) is 25.0 Å². The van der Waals surface area contributed by atoms with Crippen LogP contribution in [0.15, 0.2) is 30.6 Å². The number of carbonyl (C=O) groups is 11. The highest BCUT2D eigenvalue weighted by molar-refractivity contribution is 6.38. The fourth-order valence-corrected chi connectivity index (χ4v) is 12.9. The molecular formula is C62H87N11O11. The molecular weight excluding hydrogens is 1070 g/mol. The molecule has 2 aromatic rings. The first-order valence-corrected chi connectivity index (χ1v) is 31.1. The normalized spacial score (nSPS) is 21.6. The van der Waals surface area contributed by atoms with Crippen molar-refractivity contribution in [1.82, 2.24) is 51.7 Å². The Morgan fingerprint density at radius 1 is 0.714 bits per heavy atom. The summed E-state index contributed by atoms with van der Waals surface area (Å²) in [5, 5.41) is 20.0. The van der Waals surface area contributed by atoms with E-state index < -0.39 is 100 Å². The van der Waals surface area contributed by atoms with Gasteiger partial charge >= 0.3 is 0 Å². The summed E-state index contributed by atoms with van der Waals surface area (Å²) in [4.78, 5) is 158. The maximum absolute atomic E-state index is 14.9. The summed E-state index contributed by atoms with van der Waals surface area (Å²) in [6.07, 6.45) is 21.8. The molecule has 3 saturated carbocycles. The monoisotopic (exact) mass is 1160 g/mol. The van der Waals surface area contributed by atoms with E-state index in [1.165, 1.54) is 12.4 Å². The van der Waals surface area contributed by atoms with Gasteiger partial charge in [-0.3, -0.25) is 63.0 Å². The second-order valence-corrected chi connectivity index (χ2v) is 25.1. The number of hydrogen-bond acceptors (Lipinski definition) is 14. The van der Waals surface area contributed by atoms with Crippen molar-refractivity contribution in [3.05, 3.63) is 53.1 Å². The van der Waals surface area contributed by atoms with Crippen molar-refractivity contribution in [2.24, 2.45) is 23.2 Å². The minimum Gasteiger partial charge on any atom is -0.384 e. The molecule has 22 nitrogen and oxygen atoms in total. The Labute approximate surface area is 492 Å². The Morgan fingerprint density at radius 3 is 2.00 bits per heavy atom. The molecule has 456 valence electrons. The lowest BCUT2D eigenvalue weighted by Gasteiger charge is -2.38. The van der Waals surface area contributed by atoms with E-state index in [9.17, 15) is 52.7 Å². The summed E-state index contributed by atoms with van der Waals surface area (Å²) < 4.78 is 0. The van der Waals surface area contributed by atoms with Crippen molar-refractivity contribution in [3.8, 4) is 0 Å². The smallest absolute Gasteiger partial charge is 0.289 e. The molecule has 0 radical (unpaired) electrons. The molecule has 1 aromatic heterocycles. The van der Waals surface area contributed by atoms with Crippen LogP contribution in [0.3, 0.4) is 0 Å². The Balaban J connectivity index is 0.743. The third-order valence-corrected chi connectivity index (χ3v) is 17.7. The zero-order valence-corrected chi connectivity index (χ0v) is 49.5. The van der Waals surface area contributed by atoms with Gasteiger partial charge in [0.15, 0.2) is 0 Å². The number of nitrogens with one attached hydrogen (secondary N) is 7. The summed E-state index contributed by atoms with van der Waals surface area (Å²) in [5.74, 6) is -6.30. The van der Waals surface area contributed by atoms with Crippen LogP contribution in [-0.4, -0.2) is 141 Å². The number of rotatable bonds is 29. The van der Waals surface area contributed by atoms with E-state index in [0.29, 0.717) is 44.6 Å². The van der Waals surface area contributed by atoms with E-state index in [0.717, 1.165) is 120 Å². The summed E-state index contributed by atoms with van der Waals surface area (Å²) >= 11 is 0. The van der Waals surface area contributed by atoms with Gasteiger partial charge in [-0.1, -0.05) is 117 Å². The molecule has 1 aromatic carbocycles. The van der Waals surface area contributed by atoms with Crippen LogP contribution in [-0.2, 0) is 33.6 Å². The lowest BCUT2D eigenvalue weighted by molar-refractivity contribution is -0.146. The number of benzene rings is 1. The molecule has 3 aliphatic carbocycles. The molecule has 6 aliphatic rings. The number of likely N-dealkylation sites (tertiary alicyclic amines) is 1. The number of nitrogens with zero attached hydrogens (tertiary/aromatic N) is 4. The number of amides is 10. The molecule has 3 aliphatic heterocycles. The number of hydrogen-bond donors (Lipinski definition) is 7. The predicted molar refractivity (Wildman–Crippen MR) is 311 cm³/mol. The molecule has 2 saturated heterocycles. The fourth-order valence-electron chi connectivity index (χ4n) is 12.9. The predicted octanol–water partition coefficient (Wildman–Crippen LogP) is 5.59. The van der Waals surface area contributed by atoms with Crippen LogP contribution in [0.4, 0.5) is 5.69 Å². The third kappa shape index (κ3) is 15.8. The van der Waals surface area contributed by atoms with Gasteiger partial charge in [0, 0.05) is 37.8 Å². The Morgan fingerprint density at radius 2 is 1.37 bits per heavy atom. The van der Waals surface area contributed by atoms with Crippen molar-refractivity contribution in [2.45, 2.75) is 218 Å². The Kier molecular flexibility index (Phi) is 21.8. The molecule has 0 spiro atoms. The summed E-state index contributed by atoms with van der Waals surface area (Å²) in [5.41, 5.74) is 0.234.